The molecule has 2 amide bonds. The van der Waals surface area contributed by atoms with Crippen LogP contribution in [0.25, 0.3) is 0 Å². The molecule has 0 fully saturated rings. The van der Waals surface area contributed by atoms with Crippen molar-refractivity contribution in [1.29, 1.82) is 0 Å². The minimum Gasteiger partial charge on any atom is -0.338 e. The first-order chi connectivity index (χ1) is 10.4. The maximum absolute atomic E-state index is 11.8. The summed E-state index contributed by atoms with van der Waals surface area (Å²) in [5.74, 6) is 0.732. The highest BCUT2D eigenvalue weighted by Gasteiger charge is 2.07. The van der Waals surface area contributed by atoms with Crippen molar-refractivity contribution in [2.75, 3.05) is 6.54 Å². The predicted octanol–water partition coefficient (Wildman–Crippen LogP) is 3.40. The molecule has 1 atom stereocenters. The number of rotatable bonds is 9. The molecule has 0 saturated carbocycles. The van der Waals surface area contributed by atoms with Crippen molar-refractivity contribution in [3.05, 3.63) is 17.5 Å². The van der Waals surface area contributed by atoms with Crippen LogP contribution in [0.5, 0.6) is 0 Å². The number of nitrogens with one attached hydrogen (secondary N) is 2. The van der Waals surface area contributed by atoms with E-state index in [1.807, 2.05) is 11.6 Å². The standard InChI is InChI=1S/C17H32N4O/c1-13(2)8-6-9-14(3)19-17(22)18-10-7-11-21-16(5)12-15(4)20-21/h12-14H,6-11H2,1-5H3,(H2,18,19,22). The molecular formula is C17H32N4O. The number of aromatic nitrogens is 2. The summed E-state index contributed by atoms with van der Waals surface area (Å²) < 4.78 is 1.99. The Morgan fingerprint density at radius 2 is 1.95 bits per heavy atom. The van der Waals surface area contributed by atoms with Crippen LogP contribution in [0.3, 0.4) is 0 Å². The first-order valence-electron chi connectivity index (χ1n) is 8.44. The predicted molar refractivity (Wildman–Crippen MR) is 91.0 cm³/mol. The summed E-state index contributed by atoms with van der Waals surface area (Å²) in [7, 11) is 0. The number of carbonyl (C=O) groups is 1. The van der Waals surface area contributed by atoms with Crippen molar-refractivity contribution in [3.8, 4) is 0 Å². The zero-order chi connectivity index (χ0) is 16.5. The van der Waals surface area contributed by atoms with Gasteiger partial charge in [0.05, 0.1) is 5.69 Å². The summed E-state index contributed by atoms with van der Waals surface area (Å²) in [4.78, 5) is 11.8. The van der Waals surface area contributed by atoms with E-state index >= 15 is 0 Å². The monoisotopic (exact) mass is 308 g/mol. The first kappa shape index (κ1) is 18.5. The minimum atomic E-state index is -0.0644. The second-order valence-electron chi connectivity index (χ2n) is 6.63. The van der Waals surface area contributed by atoms with Gasteiger partial charge in [-0.1, -0.05) is 26.7 Å². The Morgan fingerprint density at radius 1 is 1.23 bits per heavy atom. The summed E-state index contributed by atoms with van der Waals surface area (Å²) in [6.07, 6.45) is 4.31. The van der Waals surface area contributed by atoms with Crippen LogP contribution in [0.4, 0.5) is 4.79 Å². The Balaban J connectivity index is 2.11. The van der Waals surface area contributed by atoms with Crippen LogP contribution in [-0.4, -0.2) is 28.4 Å². The van der Waals surface area contributed by atoms with Crippen molar-refractivity contribution >= 4 is 6.03 Å². The molecule has 5 heteroatoms. The van der Waals surface area contributed by atoms with Gasteiger partial charge in [0.2, 0.25) is 0 Å². The van der Waals surface area contributed by atoms with E-state index in [0.29, 0.717) is 6.54 Å². The van der Waals surface area contributed by atoms with Gasteiger partial charge in [-0.2, -0.15) is 5.10 Å². The molecule has 0 aliphatic heterocycles. The molecular weight excluding hydrogens is 276 g/mol. The van der Waals surface area contributed by atoms with Gasteiger partial charge in [-0.15, -0.1) is 0 Å². The van der Waals surface area contributed by atoms with Crippen molar-refractivity contribution in [3.63, 3.8) is 0 Å². The maximum Gasteiger partial charge on any atom is 0.314 e. The zero-order valence-corrected chi connectivity index (χ0v) is 14.8. The van der Waals surface area contributed by atoms with Gasteiger partial charge in [-0.05, 0) is 45.6 Å². The lowest BCUT2D eigenvalue weighted by atomic mass is 10.0. The highest BCUT2D eigenvalue weighted by atomic mass is 16.2. The summed E-state index contributed by atoms with van der Waals surface area (Å²) in [6, 6.07) is 2.24. The molecule has 0 aliphatic carbocycles. The Kier molecular flexibility index (Phi) is 7.99. The molecule has 0 radical (unpaired) electrons. The molecule has 1 aromatic heterocycles. The van der Waals surface area contributed by atoms with E-state index in [-0.39, 0.29) is 12.1 Å². The Hall–Kier alpha value is -1.52. The van der Waals surface area contributed by atoms with E-state index in [9.17, 15) is 4.79 Å². The maximum atomic E-state index is 11.8. The lowest BCUT2D eigenvalue weighted by Gasteiger charge is -2.15. The van der Waals surface area contributed by atoms with E-state index in [0.717, 1.165) is 37.4 Å². The fourth-order valence-electron chi connectivity index (χ4n) is 2.51. The molecule has 0 aliphatic rings. The van der Waals surface area contributed by atoms with Crippen LogP contribution in [0.2, 0.25) is 0 Å². The lowest BCUT2D eigenvalue weighted by molar-refractivity contribution is 0.236. The van der Waals surface area contributed by atoms with Crippen molar-refractivity contribution in [1.82, 2.24) is 20.4 Å². The van der Waals surface area contributed by atoms with Gasteiger partial charge in [0.1, 0.15) is 0 Å². The number of urea groups is 1. The number of hydrogen-bond acceptors (Lipinski definition) is 2. The van der Waals surface area contributed by atoms with Crippen LogP contribution in [0, 0.1) is 19.8 Å². The summed E-state index contributed by atoms with van der Waals surface area (Å²) in [6.45, 7) is 12.1. The van der Waals surface area contributed by atoms with E-state index in [1.54, 1.807) is 0 Å². The summed E-state index contributed by atoms with van der Waals surface area (Å²) >= 11 is 0. The van der Waals surface area contributed by atoms with E-state index in [2.05, 4.69) is 49.5 Å². The van der Waals surface area contributed by atoms with Gasteiger partial charge in [-0.25, -0.2) is 4.79 Å². The SMILES string of the molecule is Cc1cc(C)n(CCCNC(=O)NC(C)CCCC(C)C)n1. The van der Waals surface area contributed by atoms with Crippen LogP contribution in [0.15, 0.2) is 6.07 Å². The van der Waals surface area contributed by atoms with Gasteiger partial charge in [-0.3, -0.25) is 4.68 Å². The third-order valence-corrected chi connectivity index (χ3v) is 3.73. The Labute approximate surface area is 134 Å². The van der Waals surface area contributed by atoms with Gasteiger partial charge in [0.15, 0.2) is 0 Å². The molecule has 126 valence electrons. The molecule has 5 nitrogen and oxygen atoms in total. The molecule has 0 aromatic carbocycles. The fourth-order valence-corrected chi connectivity index (χ4v) is 2.51. The quantitative estimate of drug-likeness (QED) is 0.687. The highest BCUT2D eigenvalue weighted by Crippen LogP contribution is 2.08. The van der Waals surface area contributed by atoms with Crippen molar-refractivity contribution in [2.24, 2.45) is 5.92 Å². The number of nitrogens with zero attached hydrogens (tertiary/aromatic N) is 2. The van der Waals surface area contributed by atoms with E-state index < -0.39 is 0 Å². The van der Waals surface area contributed by atoms with E-state index in [1.165, 1.54) is 12.1 Å². The normalized spacial score (nSPS) is 12.5. The molecule has 22 heavy (non-hydrogen) atoms. The zero-order valence-electron chi connectivity index (χ0n) is 14.8. The molecule has 1 rings (SSSR count). The second-order valence-corrected chi connectivity index (χ2v) is 6.63. The summed E-state index contributed by atoms with van der Waals surface area (Å²) in [5.41, 5.74) is 2.21. The first-order valence-corrected chi connectivity index (χ1v) is 8.44. The number of aryl methyl sites for hydroxylation is 3. The minimum absolute atomic E-state index is 0.0644. The highest BCUT2D eigenvalue weighted by molar-refractivity contribution is 5.74. The third kappa shape index (κ3) is 7.48. The number of amides is 2. The summed E-state index contributed by atoms with van der Waals surface area (Å²) in [5, 5.41) is 10.3. The van der Waals surface area contributed by atoms with Crippen LogP contribution >= 0.6 is 0 Å². The van der Waals surface area contributed by atoms with Crippen LogP contribution in [0.1, 0.15) is 57.8 Å². The molecule has 0 bridgehead atoms. The molecule has 2 N–H and O–H groups in total. The third-order valence-electron chi connectivity index (χ3n) is 3.73. The van der Waals surface area contributed by atoms with Gasteiger partial charge in [0.25, 0.3) is 0 Å². The van der Waals surface area contributed by atoms with Gasteiger partial charge >= 0.3 is 6.03 Å². The van der Waals surface area contributed by atoms with E-state index in [4.69, 9.17) is 0 Å². The fraction of sp³-hybridized carbons (Fsp3) is 0.765. The van der Waals surface area contributed by atoms with Crippen LogP contribution < -0.4 is 10.6 Å². The van der Waals surface area contributed by atoms with Crippen molar-refractivity contribution in [2.45, 2.75) is 72.9 Å². The Bertz CT molecular complexity index is 454. The number of carbonyl (C=O) groups excluding carboxylic acids is 1. The van der Waals surface area contributed by atoms with Gasteiger partial charge < -0.3 is 10.6 Å². The Morgan fingerprint density at radius 3 is 2.55 bits per heavy atom. The average molecular weight is 308 g/mol. The van der Waals surface area contributed by atoms with Gasteiger partial charge in [0, 0.05) is 24.8 Å². The molecule has 1 heterocycles. The topological polar surface area (TPSA) is 59.0 Å². The van der Waals surface area contributed by atoms with Crippen LogP contribution in [-0.2, 0) is 6.54 Å². The largest absolute Gasteiger partial charge is 0.338 e. The molecule has 1 unspecified atom stereocenters. The molecule has 1 aromatic rings. The second kappa shape index (κ2) is 9.49. The number of hydrogen-bond donors (Lipinski definition) is 2. The average Bonchev–Trinajstić information content (AvgIpc) is 2.72. The lowest BCUT2D eigenvalue weighted by Crippen LogP contribution is -2.41. The molecule has 0 saturated heterocycles. The van der Waals surface area contributed by atoms with Crippen molar-refractivity contribution < 1.29 is 4.79 Å². The molecule has 0 spiro atoms. The smallest absolute Gasteiger partial charge is 0.314 e.